The first-order chi connectivity index (χ1) is 8.59. The van der Waals surface area contributed by atoms with E-state index >= 15 is 0 Å². The summed E-state index contributed by atoms with van der Waals surface area (Å²) in [6.45, 7) is 0.863. The van der Waals surface area contributed by atoms with E-state index in [0.29, 0.717) is 18.5 Å². The van der Waals surface area contributed by atoms with E-state index in [-0.39, 0.29) is 18.1 Å². The fraction of sp³-hybridized carbons (Fsp3) is 0.417. The molecule has 2 rings (SSSR count). The standard InChI is InChI=1S/C12H15N3O3/c13-10-5-3-7-14(12(10)16)8-9-4-1-2-6-11(9)15(17)18/h1-2,4,6,10H,3,5,7-8,13H2. The van der Waals surface area contributed by atoms with E-state index < -0.39 is 11.0 Å². The molecule has 1 heterocycles. The minimum atomic E-state index is -0.471. The molecule has 1 aliphatic rings. The number of piperidine rings is 1. The van der Waals surface area contributed by atoms with Crippen molar-refractivity contribution in [2.75, 3.05) is 6.54 Å². The van der Waals surface area contributed by atoms with Gasteiger partial charge in [-0.2, -0.15) is 0 Å². The van der Waals surface area contributed by atoms with Gasteiger partial charge in [0.2, 0.25) is 5.91 Å². The zero-order chi connectivity index (χ0) is 13.1. The van der Waals surface area contributed by atoms with Crippen molar-refractivity contribution < 1.29 is 9.72 Å². The molecule has 6 nitrogen and oxygen atoms in total. The normalized spacial score (nSPS) is 19.9. The first kappa shape index (κ1) is 12.5. The van der Waals surface area contributed by atoms with Crippen LogP contribution in [0, 0.1) is 10.1 Å². The van der Waals surface area contributed by atoms with Crippen LogP contribution >= 0.6 is 0 Å². The lowest BCUT2D eigenvalue weighted by molar-refractivity contribution is -0.385. The molecule has 2 N–H and O–H groups in total. The Bertz CT molecular complexity index is 475. The third-order valence-corrected chi connectivity index (χ3v) is 3.12. The van der Waals surface area contributed by atoms with E-state index in [4.69, 9.17) is 5.73 Å². The van der Waals surface area contributed by atoms with Crippen LogP contribution in [-0.4, -0.2) is 28.3 Å². The van der Waals surface area contributed by atoms with Crippen molar-refractivity contribution in [3.8, 4) is 0 Å². The summed E-state index contributed by atoms with van der Waals surface area (Å²) in [4.78, 5) is 23.9. The van der Waals surface area contributed by atoms with Gasteiger partial charge in [0.1, 0.15) is 0 Å². The summed E-state index contributed by atoms with van der Waals surface area (Å²) in [5.41, 5.74) is 6.29. The summed E-state index contributed by atoms with van der Waals surface area (Å²) in [7, 11) is 0. The first-order valence-electron chi connectivity index (χ1n) is 5.86. The van der Waals surface area contributed by atoms with Crippen molar-refractivity contribution in [1.82, 2.24) is 4.90 Å². The summed E-state index contributed by atoms with van der Waals surface area (Å²) in [5.74, 6) is -0.126. The van der Waals surface area contributed by atoms with Gasteiger partial charge in [0, 0.05) is 18.2 Å². The number of nitrogens with zero attached hydrogens (tertiary/aromatic N) is 2. The molecule has 18 heavy (non-hydrogen) atoms. The number of nitrogens with two attached hydrogens (primary N) is 1. The van der Waals surface area contributed by atoms with Gasteiger partial charge >= 0.3 is 0 Å². The molecule has 0 bridgehead atoms. The molecule has 1 fully saturated rings. The lowest BCUT2D eigenvalue weighted by Crippen LogP contribution is -2.47. The Labute approximate surface area is 105 Å². The number of likely N-dealkylation sites (tertiary alicyclic amines) is 1. The molecule has 1 amide bonds. The highest BCUT2D eigenvalue weighted by Gasteiger charge is 2.27. The van der Waals surface area contributed by atoms with Crippen molar-refractivity contribution >= 4 is 11.6 Å². The Morgan fingerprint density at radius 3 is 2.89 bits per heavy atom. The molecule has 1 atom stereocenters. The second kappa shape index (κ2) is 5.14. The van der Waals surface area contributed by atoms with Gasteiger partial charge in [-0.25, -0.2) is 0 Å². The van der Waals surface area contributed by atoms with E-state index in [2.05, 4.69) is 0 Å². The maximum absolute atomic E-state index is 11.8. The molecule has 1 saturated heterocycles. The van der Waals surface area contributed by atoms with Crippen LogP contribution in [0.5, 0.6) is 0 Å². The molecule has 0 aromatic heterocycles. The van der Waals surface area contributed by atoms with Gasteiger partial charge in [-0.05, 0) is 12.8 Å². The Balaban J connectivity index is 2.18. The molecule has 0 spiro atoms. The first-order valence-corrected chi connectivity index (χ1v) is 5.86. The molecule has 1 unspecified atom stereocenters. The molecular formula is C12H15N3O3. The fourth-order valence-corrected chi connectivity index (χ4v) is 2.16. The van der Waals surface area contributed by atoms with Gasteiger partial charge in [0.15, 0.2) is 0 Å². The van der Waals surface area contributed by atoms with Crippen molar-refractivity contribution in [2.24, 2.45) is 5.73 Å². The minimum absolute atomic E-state index is 0.0458. The monoisotopic (exact) mass is 249 g/mol. The molecule has 0 radical (unpaired) electrons. The maximum Gasteiger partial charge on any atom is 0.274 e. The van der Waals surface area contributed by atoms with Crippen LogP contribution in [0.3, 0.4) is 0 Å². The topological polar surface area (TPSA) is 89.5 Å². The van der Waals surface area contributed by atoms with Crippen molar-refractivity contribution in [2.45, 2.75) is 25.4 Å². The van der Waals surface area contributed by atoms with Gasteiger partial charge in [-0.1, -0.05) is 18.2 Å². The highest BCUT2D eigenvalue weighted by atomic mass is 16.6. The predicted octanol–water partition coefficient (Wildman–Crippen LogP) is 1.04. The van der Waals surface area contributed by atoms with E-state index in [0.717, 1.165) is 6.42 Å². The predicted molar refractivity (Wildman–Crippen MR) is 65.7 cm³/mol. The second-order valence-electron chi connectivity index (χ2n) is 4.39. The minimum Gasteiger partial charge on any atom is -0.337 e. The van der Waals surface area contributed by atoms with E-state index in [9.17, 15) is 14.9 Å². The number of nitro benzene ring substituents is 1. The molecule has 1 aromatic rings. The number of rotatable bonds is 3. The molecule has 0 aliphatic carbocycles. The molecule has 96 valence electrons. The average Bonchev–Trinajstić information content (AvgIpc) is 2.35. The van der Waals surface area contributed by atoms with Crippen LogP contribution in [0.1, 0.15) is 18.4 Å². The van der Waals surface area contributed by atoms with E-state index in [1.165, 1.54) is 6.07 Å². The number of para-hydroxylation sites is 1. The zero-order valence-electron chi connectivity index (χ0n) is 9.91. The molecule has 1 aliphatic heterocycles. The van der Waals surface area contributed by atoms with E-state index in [1.807, 2.05) is 0 Å². The number of carbonyl (C=O) groups excluding carboxylic acids is 1. The number of benzene rings is 1. The van der Waals surface area contributed by atoms with Crippen LogP contribution in [0.4, 0.5) is 5.69 Å². The number of amides is 1. The highest BCUT2D eigenvalue weighted by molar-refractivity contribution is 5.82. The molecule has 6 heteroatoms. The van der Waals surface area contributed by atoms with Gasteiger partial charge in [0.05, 0.1) is 17.5 Å². The number of hydrogen-bond donors (Lipinski definition) is 1. The van der Waals surface area contributed by atoms with Crippen LogP contribution in [0.2, 0.25) is 0 Å². The smallest absolute Gasteiger partial charge is 0.274 e. The summed E-state index contributed by atoms with van der Waals surface area (Å²) < 4.78 is 0. The molecule has 1 aromatic carbocycles. The number of hydrogen-bond acceptors (Lipinski definition) is 4. The Morgan fingerprint density at radius 2 is 2.17 bits per heavy atom. The third-order valence-electron chi connectivity index (χ3n) is 3.12. The third kappa shape index (κ3) is 2.48. The van der Waals surface area contributed by atoms with Gasteiger partial charge < -0.3 is 10.6 Å². The number of nitro groups is 1. The average molecular weight is 249 g/mol. The van der Waals surface area contributed by atoms with E-state index in [1.54, 1.807) is 23.1 Å². The molecular weight excluding hydrogens is 234 g/mol. The Kier molecular flexibility index (Phi) is 3.57. The summed E-state index contributed by atoms with van der Waals surface area (Å²) in [5, 5.41) is 10.9. The van der Waals surface area contributed by atoms with Crippen LogP contribution in [0.15, 0.2) is 24.3 Å². The lowest BCUT2D eigenvalue weighted by Gasteiger charge is -2.30. The summed E-state index contributed by atoms with van der Waals surface area (Å²) >= 11 is 0. The maximum atomic E-state index is 11.8. The fourth-order valence-electron chi connectivity index (χ4n) is 2.16. The van der Waals surface area contributed by atoms with Gasteiger partial charge in [-0.3, -0.25) is 14.9 Å². The summed E-state index contributed by atoms with van der Waals surface area (Å²) in [6, 6.07) is 6.00. The van der Waals surface area contributed by atoms with Crippen LogP contribution in [-0.2, 0) is 11.3 Å². The van der Waals surface area contributed by atoms with Crippen molar-refractivity contribution in [3.05, 3.63) is 39.9 Å². The SMILES string of the molecule is NC1CCCN(Cc2ccccc2[N+](=O)[O-])C1=O. The Hall–Kier alpha value is -1.95. The van der Waals surface area contributed by atoms with Gasteiger partial charge in [0.25, 0.3) is 5.69 Å². The number of carbonyl (C=O) groups is 1. The summed E-state index contributed by atoms with van der Waals surface area (Å²) in [6.07, 6.45) is 1.53. The van der Waals surface area contributed by atoms with Gasteiger partial charge in [-0.15, -0.1) is 0 Å². The molecule has 0 saturated carbocycles. The van der Waals surface area contributed by atoms with Crippen molar-refractivity contribution in [1.29, 1.82) is 0 Å². The Morgan fingerprint density at radius 1 is 1.44 bits per heavy atom. The largest absolute Gasteiger partial charge is 0.337 e. The lowest BCUT2D eigenvalue weighted by atomic mass is 10.0. The van der Waals surface area contributed by atoms with Crippen LogP contribution < -0.4 is 5.73 Å². The van der Waals surface area contributed by atoms with Crippen LogP contribution in [0.25, 0.3) is 0 Å². The quantitative estimate of drug-likeness (QED) is 0.640. The van der Waals surface area contributed by atoms with Crippen molar-refractivity contribution in [3.63, 3.8) is 0 Å². The highest BCUT2D eigenvalue weighted by Crippen LogP contribution is 2.21. The second-order valence-corrected chi connectivity index (χ2v) is 4.39. The zero-order valence-corrected chi connectivity index (χ0v) is 9.91.